The SMILES string of the molecule is CC(=O)Nc1nc(-c2ccc(N(c3ccc(CN)cc3)S(=O)(=O)O)cc2)cs1. The van der Waals surface area contributed by atoms with Crippen LogP contribution >= 0.6 is 11.3 Å². The maximum Gasteiger partial charge on any atom is 0.364 e. The average molecular weight is 419 g/mol. The van der Waals surface area contributed by atoms with E-state index in [9.17, 15) is 17.8 Å². The highest BCUT2D eigenvalue weighted by atomic mass is 32.2. The van der Waals surface area contributed by atoms with Gasteiger partial charge in [0.2, 0.25) is 5.91 Å². The molecule has 0 aliphatic heterocycles. The van der Waals surface area contributed by atoms with Crippen molar-refractivity contribution < 1.29 is 17.8 Å². The molecule has 2 aromatic carbocycles. The Hall–Kier alpha value is -2.79. The minimum atomic E-state index is -4.54. The molecular formula is C18H18N4O4S2. The van der Waals surface area contributed by atoms with E-state index >= 15 is 0 Å². The number of nitrogens with two attached hydrogens (primary N) is 1. The van der Waals surface area contributed by atoms with Crippen molar-refractivity contribution in [2.75, 3.05) is 9.62 Å². The highest BCUT2D eigenvalue weighted by molar-refractivity contribution is 7.87. The van der Waals surface area contributed by atoms with Gasteiger partial charge in [0.1, 0.15) is 0 Å². The molecule has 0 aliphatic rings. The molecule has 4 N–H and O–H groups in total. The molecule has 1 heterocycles. The van der Waals surface area contributed by atoms with E-state index in [0.717, 1.165) is 15.4 Å². The van der Waals surface area contributed by atoms with Crippen molar-refractivity contribution in [2.45, 2.75) is 13.5 Å². The molecule has 0 bridgehead atoms. The summed E-state index contributed by atoms with van der Waals surface area (Å²) in [5, 5.41) is 4.88. The van der Waals surface area contributed by atoms with E-state index in [1.807, 2.05) is 0 Å². The molecule has 8 nitrogen and oxygen atoms in total. The van der Waals surface area contributed by atoms with E-state index in [1.165, 1.54) is 18.3 Å². The summed E-state index contributed by atoms with van der Waals surface area (Å²) in [6.07, 6.45) is 0. The number of hydrogen-bond donors (Lipinski definition) is 3. The van der Waals surface area contributed by atoms with Gasteiger partial charge in [-0.05, 0) is 29.8 Å². The molecule has 0 unspecified atom stereocenters. The van der Waals surface area contributed by atoms with Gasteiger partial charge >= 0.3 is 10.3 Å². The second kappa shape index (κ2) is 8.07. The molecule has 28 heavy (non-hydrogen) atoms. The van der Waals surface area contributed by atoms with Crippen molar-refractivity contribution in [3.05, 3.63) is 59.5 Å². The van der Waals surface area contributed by atoms with Crippen LogP contribution in [0, 0.1) is 0 Å². The zero-order valence-corrected chi connectivity index (χ0v) is 16.5. The van der Waals surface area contributed by atoms with Gasteiger partial charge in [-0.3, -0.25) is 9.35 Å². The van der Waals surface area contributed by atoms with Gasteiger partial charge in [-0.25, -0.2) is 9.29 Å². The Morgan fingerprint density at radius 3 is 2.21 bits per heavy atom. The van der Waals surface area contributed by atoms with Gasteiger partial charge in [-0.2, -0.15) is 8.42 Å². The Kier molecular flexibility index (Phi) is 5.75. The quantitative estimate of drug-likeness (QED) is 0.528. The second-order valence-corrected chi connectivity index (χ2v) is 8.00. The number of hydrogen-bond acceptors (Lipinski definition) is 6. The monoisotopic (exact) mass is 418 g/mol. The molecule has 0 fully saturated rings. The van der Waals surface area contributed by atoms with Crippen molar-refractivity contribution >= 4 is 44.1 Å². The molecule has 3 aromatic rings. The number of anilines is 3. The molecule has 10 heteroatoms. The minimum Gasteiger partial charge on any atom is -0.326 e. The fraction of sp³-hybridized carbons (Fsp3) is 0.111. The van der Waals surface area contributed by atoms with Crippen LogP contribution in [-0.4, -0.2) is 23.9 Å². The molecule has 0 saturated heterocycles. The number of carbonyl (C=O) groups is 1. The lowest BCUT2D eigenvalue weighted by Crippen LogP contribution is -2.25. The number of nitrogens with zero attached hydrogens (tertiary/aromatic N) is 2. The summed E-state index contributed by atoms with van der Waals surface area (Å²) >= 11 is 1.29. The van der Waals surface area contributed by atoms with E-state index in [4.69, 9.17) is 5.73 Å². The summed E-state index contributed by atoms with van der Waals surface area (Å²) in [5.41, 5.74) is 8.34. The largest absolute Gasteiger partial charge is 0.364 e. The zero-order chi connectivity index (χ0) is 20.3. The average Bonchev–Trinajstić information content (AvgIpc) is 3.09. The lowest BCUT2D eigenvalue weighted by Gasteiger charge is -2.21. The first-order chi connectivity index (χ1) is 13.3. The smallest absolute Gasteiger partial charge is 0.326 e. The second-order valence-electron chi connectivity index (χ2n) is 5.88. The summed E-state index contributed by atoms with van der Waals surface area (Å²) < 4.78 is 34.4. The van der Waals surface area contributed by atoms with Crippen LogP contribution in [0.5, 0.6) is 0 Å². The van der Waals surface area contributed by atoms with Crippen molar-refractivity contribution in [2.24, 2.45) is 5.73 Å². The number of nitrogens with one attached hydrogen (secondary N) is 1. The van der Waals surface area contributed by atoms with E-state index in [1.54, 1.807) is 53.9 Å². The number of thiazole rings is 1. The summed E-state index contributed by atoms with van der Waals surface area (Å²) in [4.78, 5) is 15.4. The number of amides is 1. The van der Waals surface area contributed by atoms with Gasteiger partial charge < -0.3 is 11.1 Å². The van der Waals surface area contributed by atoms with Crippen molar-refractivity contribution in [1.29, 1.82) is 0 Å². The van der Waals surface area contributed by atoms with Crippen molar-refractivity contribution in [3.63, 3.8) is 0 Å². The standard InChI is InChI=1S/C18H18N4O4S2/c1-12(23)20-18-21-17(11-27-18)14-4-8-16(9-5-14)22(28(24,25)26)15-6-2-13(10-19)3-7-15/h2-9,11H,10,19H2,1H3,(H,20,21,23)(H,24,25,26). The first-order valence-electron chi connectivity index (χ1n) is 8.18. The van der Waals surface area contributed by atoms with Gasteiger partial charge in [-0.1, -0.05) is 24.3 Å². The Morgan fingerprint density at radius 2 is 1.71 bits per heavy atom. The number of carbonyl (C=O) groups excluding carboxylic acids is 1. The van der Waals surface area contributed by atoms with E-state index in [2.05, 4.69) is 10.3 Å². The minimum absolute atomic E-state index is 0.208. The number of benzene rings is 2. The van der Waals surface area contributed by atoms with E-state index in [0.29, 0.717) is 17.4 Å². The van der Waals surface area contributed by atoms with E-state index < -0.39 is 10.3 Å². The van der Waals surface area contributed by atoms with Gasteiger partial charge in [0, 0.05) is 24.4 Å². The van der Waals surface area contributed by atoms with Crippen LogP contribution in [0.2, 0.25) is 0 Å². The zero-order valence-electron chi connectivity index (χ0n) is 14.9. The molecule has 0 radical (unpaired) electrons. The van der Waals surface area contributed by atoms with Crippen molar-refractivity contribution in [3.8, 4) is 11.3 Å². The summed E-state index contributed by atoms with van der Waals surface area (Å²) in [6.45, 7) is 1.73. The lowest BCUT2D eigenvalue weighted by molar-refractivity contribution is -0.114. The fourth-order valence-corrected chi connectivity index (χ4v) is 4.11. The topological polar surface area (TPSA) is 126 Å². The molecule has 1 amide bonds. The third-order valence-electron chi connectivity index (χ3n) is 3.82. The predicted molar refractivity (Wildman–Crippen MR) is 110 cm³/mol. The van der Waals surface area contributed by atoms with Gasteiger partial charge in [0.15, 0.2) is 5.13 Å². The first-order valence-corrected chi connectivity index (χ1v) is 10.5. The van der Waals surface area contributed by atoms with E-state index in [-0.39, 0.29) is 17.3 Å². The number of aromatic nitrogens is 1. The van der Waals surface area contributed by atoms with Crippen LogP contribution in [0.15, 0.2) is 53.9 Å². The molecule has 0 spiro atoms. The van der Waals surface area contributed by atoms with Crippen LogP contribution in [0.4, 0.5) is 16.5 Å². The lowest BCUT2D eigenvalue weighted by atomic mass is 10.1. The summed E-state index contributed by atoms with van der Waals surface area (Å²) in [5.74, 6) is -0.208. The molecule has 0 aliphatic carbocycles. The van der Waals surface area contributed by atoms with Crippen LogP contribution in [0.25, 0.3) is 11.3 Å². The molecule has 0 atom stereocenters. The Balaban J connectivity index is 1.92. The number of rotatable bonds is 6. The maximum atomic E-state index is 12.0. The summed E-state index contributed by atoms with van der Waals surface area (Å²) in [7, 11) is -4.54. The van der Waals surface area contributed by atoms with Gasteiger partial charge in [-0.15, -0.1) is 11.3 Å². The predicted octanol–water partition coefficient (Wildman–Crippen LogP) is 3.17. The molecule has 146 valence electrons. The van der Waals surface area contributed by atoms with Crippen LogP contribution < -0.4 is 15.4 Å². The fourth-order valence-electron chi connectivity index (χ4n) is 2.56. The molecule has 3 rings (SSSR count). The third kappa shape index (κ3) is 4.54. The highest BCUT2D eigenvalue weighted by Gasteiger charge is 2.22. The van der Waals surface area contributed by atoms with Crippen molar-refractivity contribution in [1.82, 2.24) is 4.98 Å². The van der Waals surface area contributed by atoms with Crippen LogP contribution in [0.1, 0.15) is 12.5 Å². The Labute approximate surface area is 166 Å². The summed E-state index contributed by atoms with van der Waals surface area (Å²) in [6, 6.07) is 13.0. The Morgan fingerprint density at radius 1 is 1.14 bits per heavy atom. The first kappa shape index (κ1) is 20.0. The normalized spacial score (nSPS) is 11.2. The maximum absolute atomic E-state index is 12.0. The van der Waals surface area contributed by atoms with Crippen LogP contribution in [0.3, 0.4) is 0 Å². The third-order valence-corrected chi connectivity index (χ3v) is 5.46. The molecule has 1 aromatic heterocycles. The molecular weight excluding hydrogens is 400 g/mol. The van der Waals surface area contributed by atoms with Gasteiger partial charge in [0.05, 0.1) is 17.1 Å². The highest BCUT2D eigenvalue weighted by Crippen LogP contribution is 2.31. The van der Waals surface area contributed by atoms with Crippen LogP contribution in [-0.2, 0) is 21.6 Å². The van der Waals surface area contributed by atoms with Gasteiger partial charge in [0.25, 0.3) is 0 Å². The molecule has 0 saturated carbocycles. The Bertz CT molecular complexity index is 1080.